The summed E-state index contributed by atoms with van der Waals surface area (Å²) in [6.07, 6.45) is 0. The molecule has 0 N–H and O–H groups in total. The van der Waals surface area contributed by atoms with Gasteiger partial charge in [-0.25, -0.2) is 4.99 Å². The molecule has 0 saturated heterocycles. The van der Waals surface area contributed by atoms with Gasteiger partial charge in [0.15, 0.2) is 5.82 Å². The molecule has 0 spiro atoms. The summed E-state index contributed by atoms with van der Waals surface area (Å²) in [7, 11) is 1.66. The zero-order valence-corrected chi connectivity index (χ0v) is 16.7. The molecule has 0 aliphatic carbocycles. The number of aryl methyl sites for hydroxylation is 1. The highest BCUT2D eigenvalue weighted by atomic mass is 32.1. The SMILES string of the molecule is COc1ccc(N=c2nc(-c3ccc(C)cc3)n(Cc3ccccc3)s2)cc1. The van der Waals surface area contributed by atoms with E-state index in [9.17, 15) is 0 Å². The number of aromatic nitrogens is 2. The van der Waals surface area contributed by atoms with Gasteiger partial charge < -0.3 is 4.74 Å². The van der Waals surface area contributed by atoms with Gasteiger partial charge in [0.1, 0.15) is 5.75 Å². The Balaban J connectivity index is 1.76. The van der Waals surface area contributed by atoms with E-state index in [-0.39, 0.29) is 0 Å². The maximum absolute atomic E-state index is 5.22. The van der Waals surface area contributed by atoms with Crippen LogP contribution in [0, 0.1) is 6.92 Å². The number of hydrogen-bond acceptors (Lipinski definition) is 4. The Morgan fingerprint density at radius 1 is 0.929 bits per heavy atom. The van der Waals surface area contributed by atoms with Crippen molar-refractivity contribution in [3.63, 3.8) is 0 Å². The van der Waals surface area contributed by atoms with Crippen LogP contribution >= 0.6 is 11.5 Å². The van der Waals surface area contributed by atoms with Crippen LogP contribution in [-0.4, -0.2) is 16.1 Å². The van der Waals surface area contributed by atoms with E-state index >= 15 is 0 Å². The van der Waals surface area contributed by atoms with Crippen molar-refractivity contribution in [1.82, 2.24) is 8.94 Å². The Morgan fingerprint density at radius 2 is 1.64 bits per heavy atom. The highest BCUT2D eigenvalue weighted by Crippen LogP contribution is 2.21. The van der Waals surface area contributed by atoms with Crippen LogP contribution in [0.2, 0.25) is 0 Å². The summed E-state index contributed by atoms with van der Waals surface area (Å²) in [6.45, 7) is 2.85. The predicted molar refractivity (Wildman–Crippen MR) is 114 cm³/mol. The minimum Gasteiger partial charge on any atom is -0.497 e. The monoisotopic (exact) mass is 387 g/mol. The van der Waals surface area contributed by atoms with Gasteiger partial charge in [0.2, 0.25) is 4.80 Å². The molecule has 0 radical (unpaired) electrons. The number of nitrogens with zero attached hydrogens (tertiary/aromatic N) is 3. The summed E-state index contributed by atoms with van der Waals surface area (Å²) in [4.78, 5) is 10.3. The second-order valence-corrected chi connectivity index (χ2v) is 7.50. The smallest absolute Gasteiger partial charge is 0.227 e. The Morgan fingerprint density at radius 3 is 2.32 bits per heavy atom. The third-order valence-corrected chi connectivity index (χ3v) is 5.27. The summed E-state index contributed by atoms with van der Waals surface area (Å²) in [6, 6.07) is 26.6. The van der Waals surface area contributed by atoms with Crippen molar-refractivity contribution in [2.24, 2.45) is 4.99 Å². The van der Waals surface area contributed by atoms with Crippen molar-refractivity contribution < 1.29 is 4.74 Å². The number of benzene rings is 3. The van der Waals surface area contributed by atoms with E-state index in [0.29, 0.717) is 0 Å². The molecule has 4 nitrogen and oxygen atoms in total. The maximum atomic E-state index is 5.22. The molecule has 0 saturated carbocycles. The highest BCUT2D eigenvalue weighted by molar-refractivity contribution is 7.03. The summed E-state index contributed by atoms with van der Waals surface area (Å²) in [5.41, 5.74) is 4.42. The Hall–Kier alpha value is -3.18. The van der Waals surface area contributed by atoms with Gasteiger partial charge in [-0.3, -0.25) is 3.96 Å². The minimum absolute atomic E-state index is 0.733. The summed E-state index contributed by atoms with van der Waals surface area (Å²) >= 11 is 1.57. The fraction of sp³-hybridized carbons (Fsp3) is 0.130. The van der Waals surface area contributed by atoms with Crippen molar-refractivity contribution in [2.75, 3.05) is 7.11 Å². The first-order valence-corrected chi connectivity index (χ1v) is 9.86. The first-order valence-electron chi connectivity index (χ1n) is 9.09. The molecule has 0 atom stereocenters. The largest absolute Gasteiger partial charge is 0.497 e. The molecule has 3 aromatic carbocycles. The number of methoxy groups -OCH3 is 1. The van der Waals surface area contributed by atoms with E-state index in [2.05, 4.69) is 59.4 Å². The van der Waals surface area contributed by atoms with Crippen LogP contribution < -0.4 is 9.54 Å². The molecule has 0 aliphatic rings. The quantitative estimate of drug-likeness (QED) is 0.472. The fourth-order valence-corrected chi connectivity index (χ4v) is 3.81. The van der Waals surface area contributed by atoms with Gasteiger partial charge in [-0.05, 0) is 48.3 Å². The van der Waals surface area contributed by atoms with Gasteiger partial charge in [0.25, 0.3) is 0 Å². The minimum atomic E-state index is 0.733. The summed E-state index contributed by atoms with van der Waals surface area (Å²) in [5.74, 6) is 1.75. The van der Waals surface area contributed by atoms with E-state index in [4.69, 9.17) is 14.7 Å². The molecule has 140 valence electrons. The number of ether oxygens (including phenoxy) is 1. The highest BCUT2D eigenvalue weighted by Gasteiger charge is 2.10. The zero-order chi connectivity index (χ0) is 19.3. The lowest BCUT2D eigenvalue weighted by Crippen LogP contribution is -1.99. The first-order chi connectivity index (χ1) is 13.7. The van der Waals surface area contributed by atoms with Gasteiger partial charge in [-0.15, -0.1) is 0 Å². The van der Waals surface area contributed by atoms with Gasteiger partial charge in [0.05, 0.1) is 19.3 Å². The third-order valence-electron chi connectivity index (χ3n) is 4.41. The van der Waals surface area contributed by atoms with Crippen LogP contribution in [0.25, 0.3) is 11.4 Å². The normalized spacial score (nSPS) is 11.6. The standard InChI is InChI=1S/C23H21N3OS/c1-17-8-10-19(11-9-17)22-25-23(24-20-12-14-21(27-2)15-13-20)28-26(22)16-18-6-4-3-5-7-18/h3-15H,16H2,1-2H3. The Labute approximate surface area is 168 Å². The maximum Gasteiger partial charge on any atom is 0.227 e. The summed E-state index contributed by atoms with van der Waals surface area (Å²) in [5, 5.41) is 0. The molecule has 0 unspecified atom stereocenters. The van der Waals surface area contributed by atoms with Crippen LogP contribution in [0.1, 0.15) is 11.1 Å². The number of hydrogen-bond donors (Lipinski definition) is 0. The molecular formula is C23H21N3OS. The van der Waals surface area contributed by atoms with Crippen LogP contribution in [0.5, 0.6) is 5.75 Å². The fourth-order valence-electron chi connectivity index (χ4n) is 2.89. The molecule has 1 heterocycles. The van der Waals surface area contributed by atoms with Gasteiger partial charge >= 0.3 is 0 Å². The average Bonchev–Trinajstić information content (AvgIpc) is 3.12. The van der Waals surface area contributed by atoms with Crippen LogP contribution in [0.3, 0.4) is 0 Å². The van der Waals surface area contributed by atoms with E-state index in [1.807, 2.05) is 30.3 Å². The second kappa shape index (κ2) is 8.23. The predicted octanol–water partition coefficient (Wildman–Crippen LogP) is 5.21. The molecule has 0 amide bonds. The molecule has 1 aromatic heterocycles. The van der Waals surface area contributed by atoms with E-state index in [1.165, 1.54) is 11.1 Å². The van der Waals surface area contributed by atoms with E-state index < -0.39 is 0 Å². The van der Waals surface area contributed by atoms with Crippen LogP contribution in [0.4, 0.5) is 5.69 Å². The molecule has 4 rings (SSSR count). The lowest BCUT2D eigenvalue weighted by Gasteiger charge is -2.06. The molecule has 5 heteroatoms. The molecule has 0 aliphatic heterocycles. The lowest BCUT2D eigenvalue weighted by molar-refractivity contribution is 0.415. The third kappa shape index (κ3) is 4.21. The van der Waals surface area contributed by atoms with Crippen LogP contribution in [-0.2, 0) is 6.54 Å². The summed E-state index contributed by atoms with van der Waals surface area (Å²) < 4.78 is 7.41. The first kappa shape index (κ1) is 18.2. The van der Waals surface area contributed by atoms with E-state index in [0.717, 1.165) is 34.2 Å². The van der Waals surface area contributed by atoms with Crippen molar-refractivity contribution in [2.45, 2.75) is 13.5 Å². The second-order valence-electron chi connectivity index (χ2n) is 6.51. The average molecular weight is 388 g/mol. The number of rotatable bonds is 5. The molecule has 4 aromatic rings. The molecule has 0 fully saturated rings. The van der Waals surface area contributed by atoms with Gasteiger partial charge in [0, 0.05) is 5.56 Å². The van der Waals surface area contributed by atoms with Crippen molar-refractivity contribution in [1.29, 1.82) is 0 Å². The molecular weight excluding hydrogens is 366 g/mol. The van der Waals surface area contributed by atoms with Crippen LogP contribution in [0.15, 0.2) is 83.9 Å². The van der Waals surface area contributed by atoms with Gasteiger partial charge in [-0.1, -0.05) is 60.2 Å². The molecule has 28 heavy (non-hydrogen) atoms. The Kier molecular flexibility index (Phi) is 5.35. The van der Waals surface area contributed by atoms with Crippen molar-refractivity contribution >= 4 is 17.2 Å². The van der Waals surface area contributed by atoms with E-state index in [1.54, 1.807) is 18.6 Å². The Bertz CT molecular complexity index is 1110. The van der Waals surface area contributed by atoms with Crippen molar-refractivity contribution in [3.8, 4) is 17.1 Å². The lowest BCUT2D eigenvalue weighted by atomic mass is 10.1. The van der Waals surface area contributed by atoms with Gasteiger partial charge in [-0.2, -0.15) is 4.98 Å². The van der Waals surface area contributed by atoms with Crippen molar-refractivity contribution in [3.05, 3.63) is 94.8 Å². The zero-order valence-electron chi connectivity index (χ0n) is 15.9. The molecule has 0 bridgehead atoms. The topological polar surface area (TPSA) is 39.4 Å².